The van der Waals surface area contributed by atoms with Crippen LogP contribution in [0.5, 0.6) is 5.88 Å². The van der Waals surface area contributed by atoms with Gasteiger partial charge in [0.05, 0.1) is 31.8 Å². The van der Waals surface area contributed by atoms with Crippen LogP contribution in [0.25, 0.3) is 0 Å². The second-order valence-corrected chi connectivity index (χ2v) is 6.41. The Hall–Kier alpha value is -2.08. The molecule has 24 heavy (non-hydrogen) atoms. The first-order chi connectivity index (χ1) is 11.9. The number of rotatable bonds is 4. The molecule has 1 atom stereocenters. The fourth-order valence-electron chi connectivity index (χ4n) is 3.41. The third-order valence-corrected chi connectivity index (χ3v) is 4.69. The average molecular weight is 329 g/mol. The molecule has 2 aromatic rings. The summed E-state index contributed by atoms with van der Waals surface area (Å²) >= 11 is 0. The first kappa shape index (κ1) is 15.4. The molecule has 3 heterocycles. The summed E-state index contributed by atoms with van der Waals surface area (Å²) < 4.78 is 17.3. The van der Waals surface area contributed by atoms with E-state index in [1.165, 1.54) is 19.3 Å². The van der Waals surface area contributed by atoms with Gasteiger partial charge in [0.15, 0.2) is 5.82 Å². The lowest BCUT2D eigenvalue weighted by atomic mass is 9.98. The van der Waals surface area contributed by atoms with Crippen LogP contribution in [0.4, 0.5) is 5.82 Å². The van der Waals surface area contributed by atoms with Crippen molar-refractivity contribution in [2.45, 2.75) is 44.3 Å². The van der Waals surface area contributed by atoms with E-state index in [0.29, 0.717) is 19.0 Å². The quantitative estimate of drug-likeness (QED) is 0.857. The van der Waals surface area contributed by atoms with Gasteiger partial charge in [-0.2, -0.15) is 4.98 Å². The fraction of sp³-hybridized carbons (Fsp3) is 0.556. The predicted octanol–water partition coefficient (Wildman–Crippen LogP) is 3.36. The highest BCUT2D eigenvalue weighted by molar-refractivity contribution is 5.38. The van der Waals surface area contributed by atoms with Crippen molar-refractivity contribution in [2.24, 2.45) is 0 Å². The summed E-state index contributed by atoms with van der Waals surface area (Å²) in [5, 5.41) is 0. The van der Waals surface area contributed by atoms with E-state index >= 15 is 0 Å². The standard InChI is InChI=1S/C18H23N3O3/c1-2-5-14(6-3-1)24-18-12-19-11-17(20-18)21-8-10-23-16(13-21)15-7-4-9-22-15/h4,7,9,11-12,14,16H,1-3,5-6,8,10,13H2. The van der Waals surface area contributed by atoms with Crippen LogP contribution in [0, 0.1) is 0 Å². The van der Waals surface area contributed by atoms with Crippen LogP contribution >= 0.6 is 0 Å². The van der Waals surface area contributed by atoms with E-state index < -0.39 is 0 Å². The number of morpholine rings is 1. The molecule has 2 aliphatic rings. The summed E-state index contributed by atoms with van der Waals surface area (Å²) in [7, 11) is 0. The molecular formula is C18H23N3O3. The Morgan fingerprint density at radius 2 is 2.08 bits per heavy atom. The van der Waals surface area contributed by atoms with E-state index in [1.807, 2.05) is 12.1 Å². The number of hydrogen-bond acceptors (Lipinski definition) is 6. The number of nitrogens with zero attached hydrogens (tertiary/aromatic N) is 3. The summed E-state index contributed by atoms with van der Waals surface area (Å²) in [5.74, 6) is 2.31. The molecule has 1 saturated carbocycles. The normalized spacial score (nSPS) is 22.5. The second kappa shape index (κ2) is 7.21. The molecule has 0 radical (unpaired) electrons. The summed E-state index contributed by atoms with van der Waals surface area (Å²) in [6, 6.07) is 3.83. The molecule has 6 heteroatoms. The first-order valence-electron chi connectivity index (χ1n) is 8.77. The predicted molar refractivity (Wildman–Crippen MR) is 89.1 cm³/mol. The second-order valence-electron chi connectivity index (χ2n) is 6.41. The van der Waals surface area contributed by atoms with Gasteiger partial charge in [0.1, 0.15) is 18.0 Å². The molecule has 6 nitrogen and oxygen atoms in total. The summed E-state index contributed by atoms with van der Waals surface area (Å²) in [5.41, 5.74) is 0. The maximum absolute atomic E-state index is 6.04. The van der Waals surface area contributed by atoms with Gasteiger partial charge in [0.25, 0.3) is 0 Å². The van der Waals surface area contributed by atoms with Gasteiger partial charge in [-0.05, 0) is 37.8 Å². The van der Waals surface area contributed by atoms with Crippen LogP contribution < -0.4 is 9.64 Å². The lowest BCUT2D eigenvalue weighted by molar-refractivity contribution is 0.0254. The minimum absolute atomic E-state index is 0.0709. The van der Waals surface area contributed by atoms with Crippen molar-refractivity contribution in [2.75, 3.05) is 24.6 Å². The zero-order valence-corrected chi connectivity index (χ0v) is 13.8. The topological polar surface area (TPSA) is 60.6 Å². The highest BCUT2D eigenvalue weighted by Crippen LogP contribution is 2.27. The van der Waals surface area contributed by atoms with Crippen molar-refractivity contribution >= 4 is 5.82 Å². The molecular weight excluding hydrogens is 306 g/mol. The molecule has 128 valence electrons. The van der Waals surface area contributed by atoms with Gasteiger partial charge >= 0.3 is 0 Å². The summed E-state index contributed by atoms with van der Waals surface area (Å²) in [6.45, 7) is 2.13. The van der Waals surface area contributed by atoms with Gasteiger partial charge in [0, 0.05) is 6.54 Å². The van der Waals surface area contributed by atoms with E-state index in [1.54, 1.807) is 18.7 Å². The molecule has 2 aromatic heterocycles. The Morgan fingerprint density at radius 1 is 1.17 bits per heavy atom. The maximum Gasteiger partial charge on any atom is 0.234 e. The number of ether oxygens (including phenoxy) is 2. The third-order valence-electron chi connectivity index (χ3n) is 4.69. The molecule has 1 aliphatic heterocycles. The molecule has 0 amide bonds. The van der Waals surface area contributed by atoms with Crippen molar-refractivity contribution in [3.63, 3.8) is 0 Å². The van der Waals surface area contributed by atoms with Crippen LogP contribution in [0.1, 0.15) is 44.0 Å². The Bertz CT molecular complexity index is 641. The van der Waals surface area contributed by atoms with Crippen molar-refractivity contribution in [3.8, 4) is 5.88 Å². The minimum Gasteiger partial charge on any atom is -0.473 e. The number of anilines is 1. The van der Waals surface area contributed by atoms with Gasteiger partial charge in [-0.1, -0.05) is 6.42 Å². The number of hydrogen-bond donors (Lipinski definition) is 0. The van der Waals surface area contributed by atoms with Crippen LogP contribution in [0.15, 0.2) is 35.2 Å². The highest BCUT2D eigenvalue weighted by atomic mass is 16.5. The van der Waals surface area contributed by atoms with E-state index in [9.17, 15) is 0 Å². The van der Waals surface area contributed by atoms with E-state index in [2.05, 4.69) is 14.9 Å². The van der Waals surface area contributed by atoms with Crippen molar-refractivity contribution in [1.29, 1.82) is 0 Å². The largest absolute Gasteiger partial charge is 0.473 e. The zero-order valence-electron chi connectivity index (χ0n) is 13.8. The SMILES string of the molecule is c1coc(C2CN(c3cncc(OC4CCCCC4)n3)CCO2)c1. The Morgan fingerprint density at radius 3 is 2.92 bits per heavy atom. The molecule has 2 fully saturated rings. The zero-order chi connectivity index (χ0) is 16.2. The van der Waals surface area contributed by atoms with Crippen molar-refractivity contribution in [1.82, 2.24) is 9.97 Å². The molecule has 0 aromatic carbocycles. The van der Waals surface area contributed by atoms with E-state index in [-0.39, 0.29) is 12.2 Å². The first-order valence-corrected chi connectivity index (χ1v) is 8.77. The summed E-state index contributed by atoms with van der Waals surface area (Å²) in [4.78, 5) is 11.2. The van der Waals surface area contributed by atoms with E-state index in [4.69, 9.17) is 13.9 Å². The lowest BCUT2D eigenvalue weighted by Gasteiger charge is -2.32. The lowest BCUT2D eigenvalue weighted by Crippen LogP contribution is -2.38. The molecule has 0 bridgehead atoms. The van der Waals surface area contributed by atoms with Crippen LogP contribution in [-0.4, -0.2) is 35.8 Å². The molecule has 1 unspecified atom stereocenters. The smallest absolute Gasteiger partial charge is 0.234 e. The minimum atomic E-state index is -0.0709. The van der Waals surface area contributed by atoms with Crippen LogP contribution in [0.3, 0.4) is 0 Å². The number of furan rings is 1. The van der Waals surface area contributed by atoms with Gasteiger partial charge in [0.2, 0.25) is 5.88 Å². The van der Waals surface area contributed by atoms with Crippen LogP contribution in [-0.2, 0) is 4.74 Å². The molecule has 0 N–H and O–H groups in total. The third kappa shape index (κ3) is 3.53. The van der Waals surface area contributed by atoms with Gasteiger partial charge in [-0.25, -0.2) is 0 Å². The van der Waals surface area contributed by atoms with Gasteiger partial charge in [-0.3, -0.25) is 4.98 Å². The maximum atomic E-state index is 6.04. The molecule has 1 aliphatic carbocycles. The average Bonchev–Trinajstić information content (AvgIpc) is 3.18. The highest BCUT2D eigenvalue weighted by Gasteiger charge is 2.25. The fourth-order valence-corrected chi connectivity index (χ4v) is 3.41. The van der Waals surface area contributed by atoms with Crippen molar-refractivity contribution in [3.05, 3.63) is 36.5 Å². The summed E-state index contributed by atoms with van der Waals surface area (Å²) in [6.07, 6.45) is 11.4. The molecule has 1 saturated heterocycles. The molecule has 4 rings (SSSR count). The van der Waals surface area contributed by atoms with E-state index in [0.717, 1.165) is 31.0 Å². The van der Waals surface area contributed by atoms with Crippen LogP contribution in [0.2, 0.25) is 0 Å². The Labute approximate surface area is 141 Å². The Balaban J connectivity index is 1.44. The van der Waals surface area contributed by atoms with Crippen molar-refractivity contribution < 1.29 is 13.9 Å². The molecule has 0 spiro atoms. The monoisotopic (exact) mass is 329 g/mol. The van der Waals surface area contributed by atoms with Gasteiger partial charge < -0.3 is 18.8 Å². The van der Waals surface area contributed by atoms with Gasteiger partial charge in [-0.15, -0.1) is 0 Å². The Kier molecular flexibility index (Phi) is 4.64. The number of aromatic nitrogens is 2.